The second-order valence-corrected chi connectivity index (χ2v) is 6.46. The van der Waals surface area contributed by atoms with E-state index in [4.69, 9.17) is 4.74 Å². The summed E-state index contributed by atoms with van der Waals surface area (Å²) in [6, 6.07) is 11.6. The van der Waals surface area contributed by atoms with Crippen molar-refractivity contribution in [2.24, 2.45) is 0 Å². The summed E-state index contributed by atoms with van der Waals surface area (Å²) in [7, 11) is 3.99. The Balaban J connectivity index is 1.86. The molecule has 0 aliphatic heterocycles. The van der Waals surface area contributed by atoms with Crippen molar-refractivity contribution < 1.29 is 13.9 Å². The van der Waals surface area contributed by atoms with Gasteiger partial charge < -0.3 is 15.0 Å². The Labute approximate surface area is 149 Å². The number of rotatable bonds is 7. The van der Waals surface area contributed by atoms with Crippen LogP contribution in [-0.2, 0) is 6.54 Å². The van der Waals surface area contributed by atoms with E-state index < -0.39 is 0 Å². The van der Waals surface area contributed by atoms with E-state index in [0.717, 1.165) is 17.9 Å². The van der Waals surface area contributed by atoms with Crippen LogP contribution in [0.25, 0.3) is 0 Å². The maximum atomic E-state index is 13.1. The van der Waals surface area contributed by atoms with Gasteiger partial charge in [0.2, 0.25) is 0 Å². The van der Waals surface area contributed by atoms with Gasteiger partial charge in [0.1, 0.15) is 18.2 Å². The summed E-state index contributed by atoms with van der Waals surface area (Å²) in [4.78, 5) is 14.2. The van der Waals surface area contributed by atoms with Gasteiger partial charge in [0.05, 0.1) is 5.56 Å². The summed E-state index contributed by atoms with van der Waals surface area (Å²) in [6.07, 6.45) is 0. The lowest BCUT2D eigenvalue weighted by Crippen LogP contribution is -2.23. The van der Waals surface area contributed by atoms with Crippen LogP contribution in [0.15, 0.2) is 46.9 Å². The number of carbonyl (C=O) groups excluding carboxylic acids is 1. The molecule has 0 aliphatic carbocycles. The number of hydrogen-bond acceptors (Lipinski definition) is 3. The van der Waals surface area contributed by atoms with Gasteiger partial charge in [-0.3, -0.25) is 4.79 Å². The molecule has 1 N–H and O–H groups in total. The van der Waals surface area contributed by atoms with Crippen molar-refractivity contribution in [1.29, 1.82) is 0 Å². The molecule has 0 aromatic heterocycles. The fraction of sp³-hybridized carbons (Fsp3) is 0.278. The standard InChI is InChI=1S/C18H20BrFN2O2/c1-22(2)9-10-24-15-6-3-13(4-7-15)12-21-18(23)16-8-5-14(20)11-17(16)19/h3-8,11H,9-10,12H2,1-2H3,(H,21,23). The molecule has 0 spiro atoms. The molecule has 4 nitrogen and oxygen atoms in total. The minimum Gasteiger partial charge on any atom is -0.492 e. The van der Waals surface area contributed by atoms with E-state index in [0.29, 0.717) is 23.2 Å². The summed E-state index contributed by atoms with van der Waals surface area (Å²) in [5.41, 5.74) is 1.36. The van der Waals surface area contributed by atoms with E-state index in [1.54, 1.807) is 0 Å². The third kappa shape index (κ3) is 5.62. The molecule has 6 heteroatoms. The molecule has 128 valence electrons. The summed E-state index contributed by atoms with van der Waals surface area (Å²) in [5.74, 6) is 0.157. The second-order valence-electron chi connectivity index (χ2n) is 5.60. The van der Waals surface area contributed by atoms with Crippen LogP contribution in [0.1, 0.15) is 15.9 Å². The van der Waals surface area contributed by atoms with Gasteiger partial charge in [0, 0.05) is 17.6 Å². The Morgan fingerprint density at radius 1 is 1.21 bits per heavy atom. The predicted molar refractivity (Wildman–Crippen MR) is 95.8 cm³/mol. The van der Waals surface area contributed by atoms with Crippen LogP contribution in [0.5, 0.6) is 5.75 Å². The first kappa shape index (κ1) is 18.4. The highest BCUT2D eigenvalue weighted by Crippen LogP contribution is 2.18. The molecule has 0 bridgehead atoms. The van der Waals surface area contributed by atoms with E-state index in [-0.39, 0.29) is 11.7 Å². The topological polar surface area (TPSA) is 41.6 Å². The predicted octanol–water partition coefficient (Wildman–Crippen LogP) is 3.46. The number of nitrogens with one attached hydrogen (secondary N) is 1. The normalized spacial score (nSPS) is 10.7. The molecule has 2 aromatic rings. The van der Waals surface area contributed by atoms with Gasteiger partial charge in [-0.05, 0) is 65.9 Å². The number of amides is 1. The summed E-state index contributed by atoms with van der Waals surface area (Å²) in [5, 5.41) is 2.81. The Bertz CT molecular complexity index is 690. The number of hydrogen-bond donors (Lipinski definition) is 1. The fourth-order valence-electron chi connectivity index (χ4n) is 2.00. The van der Waals surface area contributed by atoms with E-state index in [1.807, 2.05) is 38.4 Å². The monoisotopic (exact) mass is 394 g/mol. The second kappa shape index (κ2) is 8.80. The van der Waals surface area contributed by atoms with Gasteiger partial charge in [0.25, 0.3) is 5.91 Å². The summed E-state index contributed by atoms with van der Waals surface area (Å²) >= 11 is 3.20. The Morgan fingerprint density at radius 2 is 1.92 bits per heavy atom. The Hall–Kier alpha value is -1.92. The summed E-state index contributed by atoms with van der Waals surface area (Å²) < 4.78 is 19.1. The van der Waals surface area contributed by atoms with Crippen LogP contribution in [0.2, 0.25) is 0 Å². The maximum Gasteiger partial charge on any atom is 0.252 e. The van der Waals surface area contributed by atoms with Crippen molar-refractivity contribution in [3.05, 3.63) is 63.9 Å². The minimum absolute atomic E-state index is 0.256. The van der Waals surface area contributed by atoms with E-state index in [9.17, 15) is 9.18 Å². The molecule has 0 saturated carbocycles. The zero-order chi connectivity index (χ0) is 17.5. The average Bonchev–Trinajstić information content (AvgIpc) is 2.53. The first-order chi connectivity index (χ1) is 11.5. The number of carbonyl (C=O) groups is 1. The first-order valence-electron chi connectivity index (χ1n) is 7.55. The molecular weight excluding hydrogens is 375 g/mol. The van der Waals surface area contributed by atoms with Crippen molar-refractivity contribution in [2.45, 2.75) is 6.54 Å². The minimum atomic E-state index is -0.386. The van der Waals surface area contributed by atoms with Crippen LogP contribution in [0.3, 0.4) is 0 Å². The highest BCUT2D eigenvalue weighted by molar-refractivity contribution is 9.10. The zero-order valence-corrected chi connectivity index (χ0v) is 15.3. The number of nitrogens with zero attached hydrogens (tertiary/aromatic N) is 1. The molecule has 0 radical (unpaired) electrons. The van der Waals surface area contributed by atoms with Crippen molar-refractivity contribution in [3.8, 4) is 5.75 Å². The van der Waals surface area contributed by atoms with Gasteiger partial charge in [-0.1, -0.05) is 12.1 Å². The third-order valence-corrected chi connectivity index (χ3v) is 4.02. The van der Waals surface area contributed by atoms with Crippen LogP contribution in [0.4, 0.5) is 4.39 Å². The van der Waals surface area contributed by atoms with Gasteiger partial charge in [0.15, 0.2) is 0 Å². The van der Waals surface area contributed by atoms with Crippen molar-refractivity contribution in [2.75, 3.05) is 27.2 Å². The number of halogens is 2. The van der Waals surface area contributed by atoms with Crippen LogP contribution in [-0.4, -0.2) is 38.1 Å². The number of benzene rings is 2. The zero-order valence-electron chi connectivity index (χ0n) is 13.7. The Morgan fingerprint density at radius 3 is 2.54 bits per heavy atom. The van der Waals surface area contributed by atoms with Gasteiger partial charge >= 0.3 is 0 Å². The molecule has 0 saturated heterocycles. The van der Waals surface area contributed by atoms with Crippen LogP contribution < -0.4 is 10.1 Å². The lowest BCUT2D eigenvalue weighted by Gasteiger charge is -2.11. The summed E-state index contributed by atoms with van der Waals surface area (Å²) in [6.45, 7) is 1.87. The molecule has 2 aromatic carbocycles. The highest BCUT2D eigenvalue weighted by atomic mass is 79.9. The maximum absolute atomic E-state index is 13.1. The molecule has 24 heavy (non-hydrogen) atoms. The first-order valence-corrected chi connectivity index (χ1v) is 8.35. The van der Waals surface area contributed by atoms with E-state index in [2.05, 4.69) is 26.1 Å². The van der Waals surface area contributed by atoms with Crippen molar-refractivity contribution >= 4 is 21.8 Å². The van der Waals surface area contributed by atoms with E-state index in [1.165, 1.54) is 18.2 Å². The molecule has 0 heterocycles. The Kier molecular flexibility index (Phi) is 6.75. The molecule has 0 aliphatic rings. The van der Waals surface area contributed by atoms with Gasteiger partial charge in [-0.15, -0.1) is 0 Å². The quantitative estimate of drug-likeness (QED) is 0.781. The van der Waals surface area contributed by atoms with Gasteiger partial charge in [-0.2, -0.15) is 0 Å². The largest absolute Gasteiger partial charge is 0.492 e. The molecule has 1 amide bonds. The number of likely N-dealkylation sites (N-methyl/N-ethyl adjacent to an activating group) is 1. The molecular formula is C18H20BrFN2O2. The molecule has 0 fully saturated rings. The molecule has 2 rings (SSSR count). The van der Waals surface area contributed by atoms with Crippen LogP contribution in [0, 0.1) is 5.82 Å². The van der Waals surface area contributed by atoms with Crippen molar-refractivity contribution in [3.63, 3.8) is 0 Å². The van der Waals surface area contributed by atoms with Crippen molar-refractivity contribution in [1.82, 2.24) is 10.2 Å². The lowest BCUT2D eigenvalue weighted by atomic mass is 10.2. The number of ether oxygens (including phenoxy) is 1. The lowest BCUT2D eigenvalue weighted by molar-refractivity contribution is 0.0950. The van der Waals surface area contributed by atoms with E-state index >= 15 is 0 Å². The highest BCUT2D eigenvalue weighted by Gasteiger charge is 2.10. The fourth-order valence-corrected chi connectivity index (χ4v) is 2.53. The van der Waals surface area contributed by atoms with Crippen LogP contribution >= 0.6 is 15.9 Å². The molecule has 0 atom stereocenters. The third-order valence-electron chi connectivity index (χ3n) is 3.36. The SMILES string of the molecule is CN(C)CCOc1ccc(CNC(=O)c2ccc(F)cc2Br)cc1. The average molecular weight is 395 g/mol. The van der Waals surface area contributed by atoms with Gasteiger partial charge in [-0.25, -0.2) is 4.39 Å². The molecule has 0 unspecified atom stereocenters. The smallest absolute Gasteiger partial charge is 0.252 e.